The molecule has 0 heterocycles. The molecular weight excluding hydrogens is 262 g/mol. The first-order chi connectivity index (χ1) is 9.85. The molecular formula is C18H25NO2. The maximum Gasteiger partial charge on any atom is 0.220 e. The van der Waals surface area contributed by atoms with E-state index in [1.807, 2.05) is 32.9 Å². The number of carbonyl (C=O) groups is 2. The summed E-state index contributed by atoms with van der Waals surface area (Å²) in [5.41, 5.74) is 3.19. The van der Waals surface area contributed by atoms with Crippen molar-refractivity contribution >= 4 is 11.7 Å². The summed E-state index contributed by atoms with van der Waals surface area (Å²) in [4.78, 5) is 24.0. The lowest BCUT2D eigenvalue weighted by molar-refractivity contribution is -0.122. The fraction of sp³-hybridized carbons (Fsp3) is 0.556. The van der Waals surface area contributed by atoms with Crippen molar-refractivity contribution < 1.29 is 9.59 Å². The standard InChI is InChI=1S/C18H25NO2/c1-18(2,3)19-17(21)11-10-16(20)15-9-8-13-6-4-5-7-14(13)12-15/h8-9,12H,4-7,10-11H2,1-3H3,(H,19,21). The van der Waals surface area contributed by atoms with Crippen LogP contribution in [-0.4, -0.2) is 17.2 Å². The second-order valence-electron chi connectivity index (χ2n) is 6.91. The molecule has 0 saturated carbocycles. The average Bonchev–Trinajstić information content (AvgIpc) is 2.42. The number of ketones is 1. The topological polar surface area (TPSA) is 46.2 Å². The molecule has 0 saturated heterocycles. The van der Waals surface area contributed by atoms with Gasteiger partial charge in [-0.2, -0.15) is 0 Å². The Morgan fingerprint density at radius 3 is 2.38 bits per heavy atom. The largest absolute Gasteiger partial charge is 0.351 e. The van der Waals surface area contributed by atoms with E-state index in [0.29, 0.717) is 0 Å². The number of benzene rings is 1. The number of nitrogens with one attached hydrogen (secondary N) is 1. The third kappa shape index (κ3) is 4.69. The summed E-state index contributed by atoms with van der Waals surface area (Å²) >= 11 is 0. The van der Waals surface area contributed by atoms with Gasteiger partial charge in [0.2, 0.25) is 5.91 Å². The highest BCUT2D eigenvalue weighted by Crippen LogP contribution is 2.22. The summed E-state index contributed by atoms with van der Waals surface area (Å²) in [5.74, 6) is 0.00115. The molecule has 0 bridgehead atoms. The minimum absolute atomic E-state index is 0.0613. The Hall–Kier alpha value is -1.64. The Kier molecular flexibility index (Phi) is 4.81. The van der Waals surface area contributed by atoms with Crippen LogP contribution in [0.5, 0.6) is 0 Å². The molecule has 2 rings (SSSR count). The summed E-state index contributed by atoms with van der Waals surface area (Å²) < 4.78 is 0. The van der Waals surface area contributed by atoms with Gasteiger partial charge in [-0.25, -0.2) is 0 Å². The van der Waals surface area contributed by atoms with E-state index in [1.165, 1.54) is 24.0 Å². The minimum atomic E-state index is -0.244. The SMILES string of the molecule is CC(C)(C)NC(=O)CCC(=O)c1ccc2c(c1)CCCC2. The van der Waals surface area contributed by atoms with Gasteiger partial charge in [0.25, 0.3) is 0 Å². The number of fused-ring (bicyclic) bond motifs is 1. The monoisotopic (exact) mass is 287 g/mol. The number of carbonyl (C=O) groups excluding carboxylic acids is 2. The van der Waals surface area contributed by atoms with E-state index >= 15 is 0 Å². The third-order valence-corrected chi connectivity index (χ3v) is 3.76. The van der Waals surface area contributed by atoms with Crippen molar-refractivity contribution in [3.05, 3.63) is 34.9 Å². The summed E-state index contributed by atoms with van der Waals surface area (Å²) in [5, 5.41) is 2.88. The molecule has 0 atom stereocenters. The molecule has 3 nitrogen and oxygen atoms in total. The Bertz CT molecular complexity index is 541. The van der Waals surface area contributed by atoms with Crippen LogP contribution in [0.3, 0.4) is 0 Å². The number of aryl methyl sites for hydroxylation is 2. The molecule has 1 aliphatic carbocycles. The Morgan fingerprint density at radius 1 is 1.05 bits per heavy atom. The highest BCUT2D eigenvalue weighted by atomic mass is 16.2. The maximum atomic E-state index is 12.2. The van der Waals surface area contributed by atoms with Crippen molar-refractivity contribution in [1.82, 2.24) is 5.32 Å². The Morgan fingerprint density at radius 2 is 1.71 bits per heavy atom. The van der Waals surface area contributed by atoms with Gasteiger partial charge in [-0.05, 0) is 63.6 Å². The molecule has 114 valence electrons. The Balaban J connectivity index is 1.93. The van der Waals surface area contributed by atoms with Crippen LogP contribution in [-0.2, 0) is 17.6 Å². The number of amides is 1. The van der Waals surface area contributed by atoms with Crippen LogP contribution in [0.15, 0.2) is 18.2 Å². The quantitative estimate of drug-likeness (QED) is 0.862. The minimum Gasteiger partial charge on any atom is -0.351 e. The molecule has 3 heteroatoms. The Labute approximate surface area is 127 Å². The first-order valence-electron chi connectivity index (χ1n) is 7.81. The molecule has 0 unspecified atom stereocenters. The normalized spacial score (nSPS) is 14.4. The lowest BCUT2D eigenvalue weighted by Crippen LogP contribution is -2.40. The molecule has 21 heavy (non-hydrogen) atoms. The van der Waals surface area contributed by atoms with Gasteiger partial charge in [0.05, 0.1) is 0 Å². The van der Waals surface area contributed by atoms with E-state index in [1.54, 1.807) is 0 Å². The van der Waals surface area contributed by atoms with Crippen molar-refractivity contribution in [1.29, 1.82) is 0 Å². The first-order valence-corrected chi connectivity index (χ1v) is 7.81. The van der Waals surface area contributed by atoms with Crippen molar-refractivity contribution in [2.24, 2.45) is 0 Å². The molecule has 0 spiro atoms. The zero-order valence-electron chi connectivity index (χ0n) is 13.3. The van der Waals surface area contributed by atoms with Crippen LogP contribution in [0.1, 0.15) is 67.9 Å². The van der Waals surface area contributed by atoms with Gasteiger partial charge in [0.1, 0.15) is 0 Å². The second kappa shape index (κ2) is 6.42. The van der Waals surface area contributed by atoms with Gasteiger partial charge in [-0.1, -0.05) is 12.1 Å². The summed E-state index contributed by atoms with van der Waals surface area (Å²) in [6.45, 7) is 5.82. The molecule has 1 aliphatic rings. The van der Waals surface area contributed by atoms with E-state index in [0.717, 1.165) is 18.4 Å². The van der Waals surface area contributed by atoms with Crippen molar-refractivity contribution in [2.75, 3.05) is 0 Å². The molecule has 0 aliphatic heterocycles. The summed E-state index contributed by atoms with van der Waals surface area (Å²) in [7, 11) is 0. The number of hydrogen-bond donors (Lipinski definition) is 1. The van der Waals surface area contributed by atoms with Crippen LogP contribution in [0, 0.1) is 0 Å². The van der Waals surface area contributed by atoms with Gasteiger partial charge in [-0.15, -0.1) is 0 Å². The zero-order chi connectivity index (χ0) is 15.5. The number of Topliss-reactive ketones (excluding diaryl/α,β-unsaturated/α-hetero) is 1. The van der Waals surface area contributed by atoms with Crippen molar-refractivity contribution in [3.63, 3.8) is 0 Å². The maximum absolute atomic E-state index is 12.2. The lowest BCUT2D eigenvalue weighted by atomic mass is 9.89. The van der Waals surface area contributed by atoms with Crippen molar-refractivity contribution in [3.8, 4) is 0 Å². The van der Waals surface area contributed by atoms with Gasteiger partial charge in [0, 0.05) is 23.9 Å². The first kappa shape index (κ1) is 15.7. The van der Waals surface area contributed by atoms with Crippen LogP contribution < -0.4 is 5.32 Å². The van der Waals surface area contributed by atoms with Crippen LogP contribution in [0.2, 0.25) is 0 Å². The molecule has 0 radical (unpaired) electrons. The van der Waals surface area contributed by atoms with Crippen LogP contribution >= 0.6 is 0 Å². The fourth-order valence-electron chi connectivity index (χ4n) is 2.76. The van der Waals surface area contributed by atoms with E-state index in [2.05, 4.69) is 11.4 Å². The van der Waals surface area contributed by atoms with E-state index in [4.69, 9.17) is 0 Å². The summed E-state index contributed by atoms with van der Waals surface area (Å²) in [6.07, 6.45) is 5.18. The number of rotatable bonds is 4. The predicted molar refractivity (Wildman–Crippen MR) is 84.5 cm³/mol. The smallest absolute Gasteiger partial charge is 0.220 e. The molecule has 1 N–H and O–H groups in total. The lowest BCUT2D eigenvalue weighted by Gasteiger charge is -2.20. The van der Waals surface area contributed by atoms with Gasteiger partial charge in [-0.3, -0.25) is 9.59 Å². The third-order valence-electron chi connectivity index (χ3n) is 3.76. The van der Waals surface area contributed by atoms with E-state index in [-0.39, 0.29) is 30.1 Å². The summed E-state index contributed by atoms with van der Waals surface area (Å²) in [6, 6.07) is 6.02. The van der Waals surface area contributed by atoms with Crippen LogP contribution in [0.4, 0.5) is 0 Å². The highest BCUT2D eigenvalue weighted by molar-refractivity contribution is 5.98. The van der Waals surface area contributed by atoms with Gasteiger partial charge >= 0.3 is 0 Å². The number of hydrogen-bond acceptors (Lipinski definition) is 2. The van der Waals surface area contributed by atoms with Crippen molar-refractivity contribution in [2.45, 2.75) is 64.8 Å². The molecule has 1 amide bonds. The average molecular weight is 287 g/mol. The fourth-order valence-corrected chi connectivity index (χ4v) is 2.76. The molecule has 0 fully saturated rings. The highest BCUT2D eigenvalue weighted by Gasteiger charge is 2.16. The van der Waals surface area contributed by atoms with E-state index < -0.39 is 0 Å². The predicted octanol–water partition coefficient (Wildman–Crippen LogP) is 3.44. The van der Waals surface area contributed by atoms with Gasteiger partial charge in [0.15, 0.2) is 5.78 Å². The zero-order valence-corrected chi connectivity index (χ0v) is 13.3. The van der Waals surface area contributed by atoms with E-state index in [9.17, 15) is 9.59 Å². The molecule has 1 aromatic rings. The molecule has 0 aromatic heterocycles. The van der Waals surface area contributed by atoms with Crippen LogP contribution in [0.25, 0.3) is 0 Å². The second-order valence-corrected chi connectivity index (χ2v) is 6.91. The van der Waals surface area contributed by atoms with Gasteiger partial charge < -0.3 is 5.32 Å². The molecule has 1 aromatic carbocycles.